The summed E-state index contributed by atoms with van der Waals surface area (Å²) in [5, 5.41) is 19.9. The Hall–Kier alpha value is -2.51. The predicted octanol–water partition coefficient (Wildman–Crippen LogP) is 3.66. The quantitative estimate of drug-likeness (QED) is 0.569. The van der Waals surface area contributed by atoms with Gasteiger partial charge in [0.15, 0.2) is 0 Å². The van der Waals surface area contributed by atoms with Gasteiger partial charge in [0.2, 0.25) is 0 Å². The van der Waals surface area contributed by atoms with E-state index in [9.17, 15) is 14.8 Å². The van der Waals surface area contributed by atoms with Crippen molar-refractivity contribution >= 4 is 13.8 Å². The van der Waals surface area contributed by atoms with Crippen LogP contribution in [0.4, 0.5) is 0 Å². The third-order valence-corrected chi connectivity index (χ3v) is 4.67. The van der Waals surface area contributed by atoms with Gasteiger partial charge in [0, 0.05) is 11.2 Å². The van der Waals surface area contributed by atoms with Gasteiger partial charge in [-0.15, -0.1) is 0 Å². The summed E-state index contributed by atoms with van der Waals surface area (Å²) < 4.78 is 11.6. The lowest BCUT2D eigenvalue weighted by atomic mass is 9.85. The zero-order valence-corrected chi connectivity index (χ0v) is 13.5. The molecule has 0 radical (unpaired) electrons. The molecule has 3 nitrogen and oxygen atoms in total. The molecule has 0 aromatic heterocycles. The Kier molecular flexibility index (Phi) is 4.50. The van der Waals surface area contributed by atoms with Crippen LogP contribution in [0.25, 0.3) is 0 Å². The molecule has 2 N–H and O–H groups in total. The second kappa shape index (κ2) is 6.72. The molecule has 0 aliphatic rings. The van der Waals surface area contributed by atoms with E-state index in [4.69, 9.17) is 0 Å². The molecule has 1 unspecified atom stereocenters. The molecule has 0 saturated heterocycles. The van der Waals surface area contributed by atoms with E-state index in [1.807, 2.05) is 48.5 Å². The van der Waals surface area contributed by atoms with Gasteiger partial charge in [-0.1, -0.05) is 48.5 Å². The van der Waals surface area contributed by atoms with Crippen LogP contribution in [0.3, 0.4) is 0 Å². The van der Waals surface area contributed by atoms with Crippen LogP contribution in [0.5, 0.6) is 11.5 Å². The first-order valence-corrected chi connectivity index (χ1v) is 8.36. The zero-order chi connectivity index (χ0) is 16.2. The Balaban J connectivity index is 2.19. The molecular weight excluding hydrogens is 307 g/mol. The molecular formula is C19H17O3P. The Bertz CT molecular complexity index is 765. The van der Waals surface area contributed by atoms with E-state index in [1.54, 1.807) is 24.3 Å². The van der Waals surface area contributed by atoms with Gasteiger partial charge in [-0.05, 0) is 41.0 Å². The summed E-state index contributed by atoms with van der Waals surface area (Å²) in [5.41, 5.74) is 2.97. The molecule has 3 aromatic rings. The first-order chi connectivity index (χ1) is 11.2. The van der Waals surface area contributed by atoms with Gasteiger partial charge in [-0.2, -0.15) is 0 Å². The van der Waals surface area contributed by atoms with Crippen molar-refractivity contribution in [3.05, 3.63) is 89.5 Å². The summed E-state index contributed by atoms with van der Waals surface area (Å²) in [5.74, 6) is 0.315. The van der Waals surface area contributed by atoms with Crippen molar-refractivity contribution in [1.29, 1.82) is 0 Å². The average Bonchev–Trinajstić information content (AvgIpc) is 2.59. The number of hydrogen-bond donors (Lipinski definition) is 2. The highest BCUT2D eigenvalue weighted by Crippen LogP contribution is 2.33. The summed E-state index contributed by atoms with van der Waals surface area (Å²) in [4.78, 5) is 0. The Morgan fingerprint density at radius 3 is 1.65 bits per heavy atom. The minimum atomic E-state index is -1.05. The maximum Gasteiger partial charge on any atom is 0.115 e. The fraction of sp³-hybridized carbons (Fsp3) is 0.0526. The van der Waals surface area contributed by atoms with E-state index < -0.39 is 8.46 Å². The SMILES string of the molecule is O=[PH2]c1ccccc1C(c1ccc(O)cc1)c1ccc(O)cc1. The number of rotatable bonds is 4. The summed E-state index contributed by atoms with van der Waals surface area (Å²) >= 11 is 0. The van der Waals surface area contributed by atoms with Crippen molar-refractivity contribution in [2.75, 3.05) is 0 Å². The molecule has 3 rings (SSSR count). The van der Waals surface area contributed by atoms with Crippen LogP contribution in [-0.2, 0) is 4.57 Å². The summed E-state index contributed by atoms with van der Waals surface area (Å²) in [6.07, 6.45) is 0. The van der Waals surface area contributed by atoms with Crippen LogP contribution in [0.15, 0.2) is 72.8 Å². The average molecular weight is 324 g/mol. The molecule has 3 aromatic carbocycles. The van der Waals surface area contributed by atoms with E-state index in [2.05, 4.69) is 0 Å². The highest BCUT2D eigenvalue weighted by atomic mass is 31.1. The van der Waals surface area contributed by atoms with Gasteiger partial charge in [0.25, 0.3) is 0 Å². The Morgan fingerprint density at radius 2 is 1.17 bits per heavy atom. The first-order valence-electron chi connectivity index (χ1n) is 7.31. The van der Waals surface area contributed by atoms with Crippen molar-refractivity contribution < 1.29 is 14.8 Å². The molecule has 0 spiro atoms. The van der Waals surface area contributed by atoms with E-state index in [1.165, 1.54) is 0 Å². The van der Waals surface area contributed by atoms with Crippen molar-refractivity contribution in [1.82, 2.24) is 0 Å². The van der Waals surface area contributed by atoms with Gasteiger partial charge in [0.05, 0.1) is 8.46 Å². The zero-order valence-electron chi connectivity index (χ0n) is 12.4. The number of phenols is 2. The van der Waals surface area contributed by atoms with Crippen LogP contribution in [-0.4, -0.2) is 10.2 Å². The highest BCUT2D eigenvalue weighted by molar-refractivity contribution is 7.34. The summed E-state index contributed by atoms with van der Waals surface area (Å²) in [6.45, 7) is 0. The molecule has 0 fully saturated rings. The fourth-order valence-electron chi connectivity index (χ4n) is 2.77. The second-order valence-corrected chi connectivity index (χ2v) is 6.22. The molecule has 0 bridgehead atoms. The van der Waals surface area contributed by atoms with E-state index in [-0.39, 0.29) is 17.4 Å². The molecule has 116 valence electrons. The van der Waals surface area contributed by atoms with E-state index in [0.717, 1.165) is 22.0 Å². The number of phenolic OH excluding ortho intramolecular Hbond substituents is 2. The van der Waals surface area contributed by atoms with Crippen LogP contribution in [0, 0.1) is 0 Å². The summed E-state index contributed by atoms with van der Waals surface area (Å²) in [6, 6.07) is 21.7. The maximum absolute atomic E-state index is 11.6. The molecule has 0 aliphatic heterocycles. The minimum Gasteiger partial charge on any atom is -0.508 e. The molecule has 1 atom stereocenters. The van der Waals surface area contributed by atoms with Crippen molar-refractivity contribution in [3.63, 3.8) is 0 Å². The normalized spacial score (nSPS) is 11.3. The number of aromatic hydroxyl groups is 2. The predicted molar refractivity (Wildman–Crippen MR) is 93.6 cm³/mol. The third-order valence-electron chi connectivity index (χ3n) is 3.89. The van der Waals surface area contributed by atoms with E-state index >= 15 is 0 Å². The molecule has 0 saturated carbocycles. The lowest BCUT2D eigenvalue weighted by Crippen LogP contribution is -2.11. The molecule has 23 heavy (non-hydrogen) atoms. The van der Waals surface area contributed by atoms with Crippen LogP contribution in [0.1, 0.15) is 22.6 Å². The minimum absolute atomic E-state index is 0.103. The summed E-state index contributed by atoms with van der Waals surface area (Å²) in [7, 11) is -1.05. The molecule has 4 heteroatoms. The van der Waals surface area contributed by atoms with Crippen LogP contribution < -0.4 is 5.30 Å². The second-order valence-electron chi connectivity index (χ2n) is 5.36. The van der Waals surface area contributed by atoms with Gasteiger partial charge in [-0.3, -0.25) is 0 Å². The first kappa shape index (κ1) is 15.4. The fourth-order valence-corrected chi connectivity index (χ4v) is 3.35. The van der Waals surface area contributed by atoms with E-state index in [0.29, 0.717) is 0 Å². The van der Waals surface area contributed by atoms with Crippen molar-refractivity contribution in [3.8, 4) is 11.5 Å². The lowest BCUT2D eigenvalue weighted by Gasteiger charge is -2.20. The third kappa shape index (κ3) is 3.30. The number of hydrogen-bond acceptors (Lipinski definition) is 3. The largest absolute Gasteiger partial charge is 0.508 e. The Labute approximate surface area is 136 Å². The molecule has 0 aliphatic carbocycles. The van der Waals surface area contributed by atoms with Gasteiger partial charge in [-0.25, -0.2) is 0 Å². The number of benzene rings is 3. The molecule has 0 heterocycles. The van der Waals surface area contributed by atoms with Crippen molar-refractivity contribution in [2.24, 2.45) is 0 Å². The van der Waals surface area contributed by atoms with Crippen molar-refractivity contribution in [2.45, 2.75) is 5.92 Å². The smallest absolute Gasteiger partial charge is 0.115 e. The van der Waals surface area contributed by atoms with Gasteiger partial charge >= 0.3 is 0 Å². The topological polar surface area (TPSA) is 57.5 Å². The van der Waals surface area contributed by atoms with Gasteiger partial charge < -0.3 is 14.8 Å². The molecule has 0 amide bonds. The van der Waals surface area contributed by atoms with Crippen LogP contribution >= 0.6 is 8.46 Å². The highest BCUT2D eigenvalue weighted by Gasteiger charge is 2.19. The lowest BCUT2D eigenvalue weighted by molar-refractivity contribution is 0.475. The Morgan fingerprint density at radius 1 is 0.696 bits per heavy atom. The maximum atomic E-state index is 11.6. The monoisotopic (exact) mass is 324 g/mol. The standard InChI is InChI=1S/C19H17O3P/c20-15-9-5-13(6-10-15)19(14-7-11-16(21)12-8-14)17-3-1-2-4-18(17)23-22/h1-12,19-21H,23H2. The van der Waals surface area contributed by atoms with Crippen LogP contribution in [0.2, 0.25) is 0 Å². The van der Waals surface area contributed by atoms with Gasteiger partial charge in [0.1, 0.15) is 11.5 Å².